The van der Waals surface area contributed by atoms with Crippen LogP contribution in [0, 0.1) is 11.3 Å². The zero-order chi connectivity index (χ0) is 8.65. The number of methoxy groups -OCH3 is 1. The molecular formula is C7H10O4. The summed E-state index contributed by atoms with van der Waals surface area (Å²) in [5.41, 5.74) is -0.763. The van der Waals surface area contributed by atoms with Crippen molar-refractivity contribution in [3.63, 3.8) is 0 Å². The van der Waals surface area contributed by atoms with Crippen molar-refractivity contribution in [1.82, 2.24) is 0 Å². The zero-order valence-corrected chi connectivity index (χ0v) is 6.46. The van der Waals surface area contributed by atoms with Crippen molar-refractivity contribution >= 4 is 11.9 Å². The molecule has 62 valence electrons. The number of hydrogen-bond donors (Lipinski definition) is 1. The first kappa shape index (κ1) is 8.04. The number of carboxylic acids is 1. The molecule has 0 aliphatic heterocycles. The monoisotopic (exact) mass is 158 g/mol. The molecule has 0 saturated heterocycles. The predicted molar refractivity (Wildman–Crippen MR) is 35.9 cm³/mol. The fourth-order valence-electron chi connectivity index (χ4n) is 1.18. The third-order valence-electron chi connectivity index (χ3n) is 2.19. The number of esters is 1. The van der Waals surface area contributed by atoms with Crippen molar-refractivity contribution in [2.75, 3.05) is 7.11 Å². The maximum atomic E-state index is 10.9. The average Bonchev–Trinajstić information content (AvgIpc) is 2.62. The highest BCUT2D eigenvalue weighted by atomic mass is 16.5. The van der Waals surface area contributed by atoms with E-state index in [0.29, 0.717) is 6.42 Å². The third kappa shape index (κ3) is 1.08. The van der Waals surface area contributed by atoms with Crippen LogP contribution in [0.25, 0.3) is 0 Å². The second-order valence-corrected chi connectivity index (χ2v) is 3.00. The lowest BCUT2D eigenvalue weighted by Crippen LogP contribution is -2.19. The molecular weight excluding hydrogens is 148 g/mol. The maximum Gasteiger partial charge on any atom is 0.312 e. The van der Waals surface area contributed by atoms with Gasteiger partial charge in [-0.25, -0.2) is 0 Å². The Morgan fingerprint density at radius 3 is 2.45 bits per heavy atom. The lowest BCUT2D eigenvalue weighted by Gasteiger charge is -2.04. The van der Waals surface area contributed by atoms with Gasteiger partial charge in [-0.05, 0) is 13.3 Å². The van der Waals surface area contributed by atoms with Crippen molar-refractivity contribution in [3.8, 4) is 0 Å². The molecule has 1 aliphatic rings. The summed E-state index contributed by atoms with van der Waals surface area (Å²) in [4.78, 5) is 21.3. The van der Waals surface area contributed by atoms with Gasteiger partial charge in [-0.3, -0.25) is 9.59 Å². The van der Waals surface area contributed by atoms with Crippen LogP contribution < -0.4 is 0 Å². The van der Waals surface area contributed by atoms with Crippen LogP contribution in [-0.2, 0) is 14.3 Å². The van der Waals surface area contributed by atoms with Crippen LogP contribution in [-0.4, -0.2) is 24.2 Å². The molecule has 0 aromatic heterocycles. The van der Waals surface area contributed by atoms with E-state index in [4.69, 9.17) is 5.11 Å². The molecule has 0 aromatic carbocycles. The van der Waals surface area contributed by atoms with Crippen LogP contribution in [0.1, 0.15) is 13.3 Å². The molecule has 1 saturated carbocycles. The van der Waals surface area contributed by atoms with Crippen molar-refractivity contribution in [2.24, 2.45) is 11.3 Å². The molecule has 0 spiro atoms. The highest BCUT2D eigenvalue weighted by Gasteiger charge is 2.61. The quantitative estimate of drug-likeness (QED) is 0.586. The van der Waals surface area contributed by atoms with Gasteiger partial charge in [0, 0.05) is 0 Å². The summed E-state index contributed by atoms with van der Waals surface area (Å²) < 4.78 is 4.46. The molecule has 4 nitrogen and oxygen atoms in total. The van der Waals surface area contributed by atoms with E-state index in [9.17, 15) is 9.59 Å². The molecule has 1 aliphatic carbocycles. The van der Waals surface area contributed by atoms with Gasteiger partial charge in [0.2, 0.25) is 0 Å². The smallest absolute Gasteiger partial charge is 0.312 e. The summed E-state index contributed by atoms with van der Waals surface area (Å²) in [7, 11) is 1.27. The van der Waals surface area contributed by atoms with Gasteiger partial charge >= 0.3 is 11.9 Å². The molecule has 4 heteroatoms. The number of rotatable bonds is 2. The number of ether oxygens (including phenoxy) is 1. The van der Waals surface area contributed by atoms with Gasteiger partial charge in [-0.15, -0.1) is 0 Å². The summed E-state index contributed by atoms with van der Waals surface area (Å²) in [6.45, 7) is 1.61. The highest BCUT2D eigenvalue weighted by molar-refractivity contribution is 5.89. The largest absolute Gasteiger partial charge is 0.481 e. The lowest BCUT2D eigenvalue weighted by atomic mass is 10.1. The highest BCUT2D eigenvalue weighted by Crippen LogP contribution is 2.52. The Balaban J connectivity index is 2.62. The van der Waals surface area contributed by atoms with Gasteiger partial charge in [-0.2, -0.15) is 0 Å². The maximum absolute atomic E-state index is 10.9. The Bertz CT molecular complexity index is 210. The Hall–Kier alpha value is -1.06. The van der Waals surface area contributed by atoms with Gasteiger partial charge in [0.25, 0.3) is 0 Å². The minimum atomic E-state index is -0.919. The fraction of sp³-hybridized carbons (Fsp3) is 0.714. The first-order valence-corrected chi connectivity index (χ1v) is 3.33. The Labute approximate surface area is 64.2 Å². The number of hydrogen-bond acceptors (Lipinski definition) is 3. The average molecular weight is 158 g/mol. The van der Waals surface area contributed by atoms with E-state index >= 15 is 0 Å². The van der Waals surface area contributed by atoms with Crippen molar-refractivity contribution in [1.29, 1.82) is 0 Å². The molecule has 2 atom stereocenters. The van der Waals surface area contributed by atoms with E-state index in [0.717, 1.165) is 0 Å². The molecule has 1 fully saturated rings. The standard InChI is InChI=1S/C7H10O4/c1-7(6(10)11-2)3-4(7)5(8)9/h4H,3H2,1-2H3,(H,8,9). The molecule has 0 radical (unpaired) electrons. The minimum absolute atomic E-state index is 0.398. The molecule has 0 aromatic rings. The Morgan fingerprint density at radius 1 is 1.64 bits per heavy atom. The number of carbonyl (C=O) groups is 2. The van der Waals surface area contributed by atoms with Gasteiger partial charge in [0.1, 0.15) is 0 Å². The topological polar surface area (TPSA) is 63.6 Å². The Kier molecular flexibility index (Phi) is 1.62. The van der Waals surface area contributed by atoms with E-state index in [1.807, 2.05) is 0 Å². The molecule has 0 bridgehead atoms. The number of aliphatic carboxylic acids is 1. The fourth-order valence-corrected chi connectivity index (χ4v) is 1.18. The SMILES string of the molecule is COC(=O)C1(C)CC1C(=O)O. The molecule has 2 unspecified atom stereocenters. The van der Waals surface area contributed by atoms with E-state index in [1.165, 1.54) is 7.11 Å². The molecule has 0 heterocycles. The van der Waals surface area contributed by atoms with Crippen molar-refractivity contribution in [2.45, 2.75) is 13.3 Å². The first-order valence-electron chi connectivity index (χ1n) is 3.33. The second-order valence-electron chi connectivity index (χ2n) is 3.00. The van der Waals surface area contributed by atoms with E-state index in [2.05, 4.69) is 4.74 Å². The zero-order valence-electron chi connectivity index (χ0n) is 6.46. The summed E-state index contributed by atoms with van der Waals surface area (Å²) >= 11 is 0. The second kappa shape index (κ2) is 2.22. The van der Waals surface area contributed by atoms with Gasteiger partial charge in [0.05, 0.1) is 18.4 Å². The van der Waals surface area contributed by atoms with E-state index < -0.39 is 23.3 Å². The predicted octanol–water partition coefficient (Wildman–Crippen LogP) is 0.270. The molecule has 11 heavy (non-hydrogen) atoms. The van der Waals surface area contributed by atoms with Crippen LogP contribution in [0.15, 0.2) is 0 Å². The summed E-state index contributed by atoms with van der Waals surface area (Å²) in [6.07, 6.45) is 0.398. The summed E-state index contributed by atoms with van der Waals surface area (Å²) in [5, 5.41) is 8.53. The van der Waals surface area contributed by atoms with Crippen LogP contribution >= 0.6 is 0 Å². The van der Waals surface area contributed by atoms with Crippen LogP contribution in [0.4, 0.5) is 0 Å². The van der Waals surface area contributed by atoms with Crippen LogP contribution in [0.3, 0.4) is 0 Å². The molecule has 1 N–H and O–H groups in total. The first-order chi connectivity index (χ1) is 5.02. The summed E-state index contributed by atoms with van der Waals surface area (Å²) in [5.74, 6) is -1.89. The number of carboxylic acid groups (broad SMARTS) is 1. The van der Waals surface area contributed by atoms with Crippen LogP contribution in [0.2, 0.25) is 0 Å². The van der Waals surface area contributed by atoms with E-state index in [1.54, 1.807) is 6.92 Å². The van der Waals surface area contributed by atoms with Gasteiger partial charge in [-0.1, -0.05) is 0 Å². The van der Waals surface area contributed by atoms with Crippen molar-refractivity contribution in [3.05, 3.63) is 0 Å². The van der Waals surface area contributed by atoms with E-state index in [-0.39, 0.29) is 0 Å². The van der Waals surface area contributed by atoms with Gasteiger partial charge < -0.3 is 9.84 Å². The minimum Gasteiger partial charge on any atom is -0.481 e. The van der Waals surface area contributed by atoms with Gasteiger partial charge in [0.15, 0.2) is 0 Å². The van der Waals surface area contributed by atoms with Crippen molar-refractivity contribution < 1.29 is 19.4 Å². The lowest BCUT2D eigenvalue weighted by molar-refractivity contribution is -0.150. The normalized spacial score (nSPS) is 34.5. The molecule has 1 rings (SSSR count). The van der Waals surface area contributed by atoms with Crippen LogP contribution in [0.5, 0.6) is 0 Å². The Morgan fingerprint density at radius 2 is 2.18 bits per heavy atom. The molecule has 0 amide bonds. The third-order valence-corrected chi connectivity index (χ3v) is 2.19. The number of carbonyl (C=O) groups excluding carboxylic acids is 1. The summed E-state index contributed by atoms with van der Waals surface area (Å²) in [6, 6.07) is 0.